The SMILES string of the molecule is C=CCOCCOCCOCCOCCOCCOCCOCCOCCOCCOCCOCCOCCOC=C. The zero-order valence-electron chi connectivity index (χ0n) is 25.6. The van der Waals surface area contributed by atoms with Gasteiger partial charge in [0.25, 0.3) is 0 Å². The highest BCUT2D eigenvalue weighted by molar-refractivity contribution is 4.63. The summed E-state index contributed by atoms with van der Waals surface area (Å²) in [6.07, 6.45) is 3.11. The van der Waals surface area contributed by atoms with E-state index in [1.165, 1.54) is 6.26 Å². The van der Waals surface area contributed by atoms with E-state index in [1.807, 2.05) is 0 Å². The zero-order valence-corrected chi connectivity index (χ0v) is 25.6. The van der Waals surface area contributed by atoms with Crippen LogP contribution in [0.15, 0.2) is 25.5 Å². The van der Waals surface area contributed by atoms with E-state index in [4.69, 9.17) is 61.6 Å². The molecule has 0 aliphatic carbocycles. The lowest BCUT2D eigenvalue weighted by molar-refractivity contribution is -0.0284. The summed E-state index contributed by atoms with van der Waals surface area (Å²) in [7, 11) is 0. The molecule has 0 amide bonds. The normalized spacial score (nSPS) is 11.2. The van der Waals surface area contributed by atoms with E-state index in [-0.39, 0.29) is 0 Å². The van der Waals surface area contributed by atoms with E-state index in [9.17, 15) is 0 Å². The van der Waals surface area contributed by atoms with Gasteiger partial charge in [-0.25, -0.2) is 0 Å². The van der Waals surface area contributed by atoms with Gasteiger partial charge >= 0.3 is 0 Å². The first-order valence-electron chi connectivity index (χ1n) is 14.7. The van der Waals surface area contributed by atoms with Crippen LogP contribution in [0, 0.1) is 0 Å². The van der Waals surface area contributed by atoms with Gasteiger partial charge in [0, 0.05) is 0 Å². The third-order valence-electron chi connectivity index (χ3n) is 4.79. The van der Waals surface area contributed by atoms with Gasteiger partial charge in [-0.2, -0.15) is 0 Å². The van der Waals surface area contributed by atoms with Gasteiger partial charge in [0.1, 0.15) is 6.61 Å². The molecule has 0 aromatic heterocycles. The second-order valence-electron chi connectivity index (χ2n) is 8.14. The lowest BCUT2D eigenvalue weighted by Crippen LogP contribution is -2.15. The van der Waals surface area contributed by atoms with Crippen molar-refractivity contribution in [2.75, 3.05) is 165 Å². The summed E-state index contributed by atoms with van der Waals surface area (Å²) in [6, 6.07) is 0. The predicted octanol–water partition coefficient (Wildman–Crippen LogP) is 1.53. The van der Waals surface area contributed by atoms with E-state index in [0.717, 1.165) is 0 Å². The maximum atomic E-state index is 5.47. The van der Waals surface area contributed by atoms with E-state index in [2.05, 4.69) is 13.2 Å². The minimum atomic E-state index is 0.502. The second kappa shape index (κ2) is 39.8. The monoisotopic (exact) mass is 612 g/mol. The van der Waals surface area contributed by atoms with Gasteiger partial charge in [0.05, 0.1) is 165 Å². The third kappa shape index (κ3) is 38.8. The maximum Gasteiger partial charge on any atom is 0.111 e. The molecule has 0 spiro atoms. The molecule has 13 nitrogen and oxygen atoms in total. The summed E-state index contributed by atoms with van der Waals surface area (Å²) in [6.45, 7) is 20.1. The average Bonchev–Trinajstić information content (AvgIpc) is 3.00. The Bertz CT molecular complexity index is 470. The quantitative estimate of drug-likeness (QED) is 0.0568. The van der Waals surface area contributed by atoms with Crippen molar-refractivity contribution in [3.8, 4) is 0 Å². The van der Waals surface area contributed by atoms with Crippen LogP contribution in [-0.4, -0.2) is 165 Å². The van der Waals surface area contributed by atoms with Gasteiger partial charge in [-0.05, 0) is 0 Å². The fraction of sp³-hybridized carbons (Fsp3) is 0.862. The fourth-order valence-electron chi connectivity index (χ4n) is 2.78. The summed E-state index contributed by atoms with van der Waals surface area (Å²) in [5.41, 5.74) is 0. The average molecular weight is 613 g/mol. The van der Waals surface area contributed by atoms with Crippen molar-refractivity contribution < 1.29 is 61.6 Å². The zero-order chi connectivity index (χ0) is 30.3. The van der Waals surface area contributed by atoms with E-state index in [1.54, 1.807) is 6.08 Å². The molecule has 0 aliphatic heterocycles. The Kier molecular flexibility index (Phi) is 38.7. The highest BCUT2D eigenvalue weighted by Gasteiger charge is 1.96. The molecule has 42 heavy (non-hydrogen) atoms. The predicted molar refractivity (Wildman–Crippen MR) is 156 cm³/mol. The van der Waals surface area contributed by atoms with Crippen LogP contribution in [0.5, 0.6) is 0 Å². The minimum Gasteiger partial charge on any atom is -0.499 e. The number of hydrogen-bond donors (Lipinski definition) is 0. The summed E-state index contributed by atoms with van der Waals surface area (Å²) >= 11 is 0. The lowest BCUT2D eigenvalue weighted by atomic mass is 10.6. The highest BCUT2D eigenvalue weighted by atomic mass is 16.6. The maximum absolute atomic E-state index is 5.47. The van der Waals surface area contributed by atoms with Crippen LogP contribution in [0.3, 0.4) is 0 Å². The Morgan fingerprint density at radius 1 is 0.262 bits per heavy atom. The second-order valence-corrected chi connectivity index (χ2v) is 8.14. The molecule has 13 heteroatoms. The molecule has 0 aromatic carbocycles. The van der Waals surface area contributed by atoms with Crippen molar-refractivity contribution >= 4 is 0 Å². The van der Waals surface area contributed by atoms with Gasteiger partial charge in [-0.3, -0.25) is 0 Å². The molecule has 0 aromatic rings. The Labute approximate surface area is 252 Å². The Morgan fingerprint density at radius 2 is 0.452 bits per heavy atom. The van der Waals surface area contributed by atoms with Crippen LogP contribution in [0.25, 0.3) is 0 Å². The summed E-state index contributed by atoms with van der Waals surface area (Å²) in [5.74, 6) is 0. The minimum absolute atomic E-state index is 0.502. The van der Waals surface area contributed by atoms with Crippen LogP contribution in [0.4, 0.5) is 0 Å². The summed E-state index contributed by atoms with van der Waals surface area (Å²) < 4.78 is 69.8. The first kappa shape index (κ1) is 40.8. The van der Waals surface area contributed by atoms with Gasteiger partial charge < -0.3 is 61.6 Å². The fourth-order valence-corrected chi connectivity index (χ4v) is 2.78. The first-order valence-corrected chi connectivity index (χ1v) is 14.7. The largest absolute Gasteiger partial charge is 0.499 e. The Morgan fingerprint density at radius 3 is 0.643 bits per heavy atom. The van der Waals surface area contributed by atoms with Gasteiger partial charge in [-0.15, -0.1) is 6.58 Å². The highest BCUT2D eigenvalue weighted by Crippen LogP contribution is 1.87. The molecule has 0 N–H and O–H groups in total. The number of ether oxygens (including phenoxy) is 13. The third-order valence-corrected chi connectivity index (χ3v) is 4.79. The molecule has 0 saturated heterocycles. The van der Waals surface area contributed by atoms with Gasteiger partial charge in [-0.1, -0.05) is 12.7 Å². The van der Waals surface area contributed by atoms with Gasteiger partial charge in [0.15, 0.2) is 0 Å². The molecule has 0 bridgehead atoms. The van der Waals surface area contributed by atoms with Crippen LogP contribution in [0.1, 0.15) is 0 Å². The molecule has 250 valence electrons. The van der Waals surface area contributed by atoms with Crippen molar-refractivity contribution in [3.05, 3.63) is 25.5 Å². The van der Waals surface area contributed by atoms with E-state index >= 15 is 0 Å². The standard InChI is InChI=1S/C29H56O13/c1-3-5-31-8-9-33-12-13-35-16-17-37-20-21-39-24-25-41-28-29-42-27-26-40-23-22-38-19-18-36-15-14-34-11-10-32-7-6-30-4-2/h3-4H,1-2,5-29H2. The van der Waals surface area contributed by atoms with E-state index < -0.39 is 0 Å². The molecule has 0 atom stereocenters. The Hall–Kier alpha value is -1.20. The van der Waals surface area contributed by atoms with Crippen molar-refractivity contribution in [1.82, 2.24) is 0 Å². The van der Waals surface area contributed by atoms with Crippen molar-refractivity contribution in [3.63, 3.8) is 0 Å². The van der Waals surface area contributed by atoms with E-state index in [0.29, 0.717) is 165 Å². The Balaban J connectivity index is 3.03. The summed E-state index contributed by atoms with van der Waals surface area (Å²) in [4.78, 5) is 0. The van der Waals surface area contributed by atoms with Crippen LogP contribution >= 0.6 is 0 Å². The molecule has 0 rings (SSSR count). The van der Waals surface area contributed by atoms with Crippen molar-refractivity contribution in [2.24, 2.45) is 0 Å². The summed E-state index contributed by atoms with van der Waals surface area (Å²) in [5, 5.41) is 0. The van der Waals surface area contributed by atoms with Gasteiger partial charge in [0.2, 0.25) is 0 Å². The molecule has 0 heterocycles. The molecule has 0 saturated carbocycles. The molecule has 0 fully saturated rings. The number of hydrogen-bond acceptors (Lipinski definition) is 13. The molecular weight excluding hydrogens is 556 g/mol. The van der Waals surface area contributed by atoms with Crippen molar-refractivity contribution in [1.29, 1.82) is 0 Å². The molecule has 0 radical (unpaired) electrons. The topological polar surface area (TPSA) is 120 Å². The lowest BCUT2D eigenvalue weighted by Gasteiger charge is -2.09. The molecule has 0 unspecified atom stereocenters. The first-order chi connectivity index (χ1) is 20.9. The molecule has 0 aliphatic rings. The smallest absolute Gasteiger partial charge is 0.111 e. The van der Waals surface area contributed by atoms with Crippen molar-refractivity contribution in [2.45, 2.75) is 0 Å². The van der Waals surface area contributed by atoms with Crippen LogP contribution < -0.4 is 0 Å². The van der Waals surface area contributed by atoms with Crippen LogP contribution in [-0.2, 0) is 61.6 Å². The molecular formula is C29H56O13. The van der Waals surface area contributed by atoms with Crippen LogP contribution in [0.2, 0.25) is 0 Å². The number of rotatable bonds is 39.